The summed E-state index contributed by atoms with van der Waals surface area (Å²) < 4.78 is 5.81. The normalized spacial score (nSPS) is 9.73. The fraction of sp³-hybridized carbons (Fsp3) is 0.375. The SMILES string of the molecule is COC(=O)Cn1cc(NC(=O)CCl)cn1. The molecule has 0 radical (unpaired) electrons. The average molecular weight is 232 g/mol. The van der Waals surface area contributed by atoms with Crippen LogP contribution in [0.3, 0.4) is 0 Å². The molecule has 1 heterocycles. The van der Waals surface area contributed by atoms with E-state index in [1.54, 1.807) is 0 Å². The second-order valence-electron chi connectivity index (χ2n) is 2.68. The second-order valence-corrected chi connectivity index (χ2v) is 2.95. The predicted molar refractivity (Wildman–Crippen MR) is 53.6 cm³/mol. The van der Waals surface area contributed by atoms with E-state index in [2.05, 4.69) is 15.2 Å². The molecule has 0 fully saturated rings. The first kappa shape index (κ1) is 11.5. The zero-order chi connectivity index (χ0) is 11.3. The number of nitrogens with one attached hydrogen (secondary N) is 1. The molecule has 1 aromatic heterocycles. The summed E-state index contributed by atoms with van der Waals surface area (Å²) in [6.45, 7) is 0.00719. The van der Waals surface area contributed by atoms with Gasteiger partial charge < -0.3 is 10.1 Å². The Morgan fingerprint density at radius 1 is 1.67 bits per heavy atom. The van der Waals surface area contributed by atoms with Gasteiger partial charge in [0.2, 0.25) is 5.91 Å². The van der Waals surface area contributed by atoms with Crippen molar-refractivity contribution in [1.82, 2.24) is 9.78 Å². The Hall–Kier alpha value is -1.56. The van der Waals surface area contributed by atoms with E-state index in [1.807, 2.05) is 0 Å². The minimum atomic E-state index is -0.409. The number of hydrogen-bond acceptors (Lipinski definition) is 4. The fourth-order valence-electron chi connectivity index (χ4n) is 0.906. The van der Waals surface area contributed by atoms with Crippen LogP contribution in [0, 0.1) is 0 Å². The number of anilines is 1. The summed E-state index contributed by atoms with van der Waals surface area (Å²) in [5.41, 5.74) is 0.490. The van der Waals surface area contributed by atoms with E-state index in [4.69, 9.17) is 11.6 Å². The van der Waals surface area contributed by atoms with Gasteiger partial charge in [-0.05, 0) is 0 Å². The number of carbonyl (C=O) groups is 2. The number of carbonyl (C=O) groups excluding carboxylic acids is 2. The number of alkyl halides is 1. The molecule has 0 bridgehead atoms. The lowest BCUT2D eigenvalue weighted by molar-refractivity contribution is -0.141. The molecule has 0 saturated heterocycles. The summed E-state index contributed by atoms with van der Waals surface area (Å²) >= 11 is 5.30. The van der Waals surface area contributed by atoms with E-state index in [-0.39, 0.29) is 18.3 Å². The third-order valence-electron chi connectivity index (χ3n) is 1.56. The van der Waals surface area contributed by atoms with Crippen LogP contribution in [0.1, 0.15) is 0 Å². The van der Waals surface area contributed by atoms with Gasteiger partial charge in [-0.15, -0.1) is 11.6 Å². The van der Waals surface area contributed by atoms with Gasteiger partial charge in [0.1, 0.15) is 12.4 Å². The third kappa shape index (κ3) is 3.59. The third-order valence-corrected chi connectivity index (χ3v) is 1.80. The molecule has 0 aliphatic heterocycles. The van der Waals surface area contributed by atoms with Gasteiger partial charge in [-0.25, -0.2) is 0 Å². The highest BCUT2D eigenvalue weighted by atomic mass is 35.5. The van der Waals surface area contributed by atoms with Crippen molar-refractivity contribution in [3.8, 4) is 0 Å². The number of ether oxygens (including phenoxy) is 1. The topological polar surface area (TPSA) is 73.2 Å². The molecule has 1 amide bonds. The van der Waals surface area contributed by atoms with Crippen molar-refractivity contribution in [3.63, 3.8) is 0 Å². The lowest BCUT2D eigenvalue weighted by Gasteiger charge is -1.98. The van der Waals surface area contributed by atoms with Crippen molar-refractivity contribution in [2.45, 2.75) is 6.54 Å². The fourth-order valence-corrected chi connectivity index (χ4v) is 0.973. The van der Waals surface area contributed by atoms with Gasteiger partial charge in [0.25, 0.3) is 0 Å². The number of hydrogen-bond donors (Lipinski definition) is 1. The number of amides is 1. The van der Waals surface area contributed by atoms with Crippen LogP contribution in [-0.4, -0.2) is 34.6 Å². The summed E-state index contributed by atoms with van der Waals surface area (Å²) in [7, 11) is 1.29. The number of rotatable bonds is 4. The van der Waals surface area contributed by atoms with E-state index >= 15 is 0 Å². The highest BCUT2D eigenvalue weighted by Crippen LogP contribution is 2.04. The number of nitrogens with zero attached hydrogens (tertiary/aromatic N) is 2. The van der Waals surface area contributed by atoms with E-state index in [0.29, 0.717) is 5.69 Å². The van der Waals surface area contributed by atoms with Crippen molar-refractivity contribution >= 4 is 29.2 Å². The zero-order valence-corrected chi connectivity index (χ0v) is 8.82. The molecule has 0 atom stereocenters. The van der Waals surface area contributed by atoms with Crippen LogP contribution in [-0.2, 0) is 20.9 Å². The molecule has 0 aliphatic carbocycles. The van der Waals surface area contributed by atoms with Gasteiger partial charge in [0.05, 0.1) is 19.0 Å². The number of esters is 1. The summed E-state index contributed by atoms with van der Waals surface area (Å²) in [6.07, 6.45) is 2.94. The van der Waals surface area contributed by atoms with Crippen molar-refractivity contribution in [3.05, 3.63) is 12.4 Å². The molecule has 82 valence electrons. The lowest BCUT2D eigenvalue weighted by atomic mass is 10.5. The molecule has 15 heavy (non-hydrogen) atoms. The van der Waals surface area contributed by atoms with Crippen molar-refractivity contribution in [2.24, 2.45) is 0 Å². The van der Waals surface area contributed by atoms with Crippen LogP contribution >= 0.6 is 11.6 Å². The Morgan fingerprint density at radius 2 is 2.40 bits per heavy atom. The minimum Gasteiger partial charge on any atom is -0.468 e. The molecule has 0 unspecified atom stereocenters. The quantitative estimate of drug-likeness (QED) is 0.595. The first-order valence-corrected chi connectivity index (χ1v) is 4.64. The standard InChI is InChI=1S/C8H10ClN3O3/c1-15-8(14)5-12-4-6(3-10-12)11-7(13)2-9/h3-4H,2,5H2,1H3,(H,11,13). The maximum absolute atomic E-state index is 10.9. The number of aromatic nitrogens is 2. The maximum atomic E-state index is 10.9. The van der Waals surface area contributed by atoms with E-state index < -0.39 is 5.97 Å². The van der Waals surface area contributed by atoms with Crippen LogP contribution in [0.15, 0.2) is 12.4 Å². The summed E-state index contributed by atoms with van der Waals surface area (Å²) in [4.78, 5) is 21.8. The Morgan fingerprint density at radius 3 is 3.00 bits per heavy atom. The molecule has 1 rings (SSSR count). The molecular formula is C8H10ClN3O3. The number of methoxy groups -OCH3 is 1. The highest BCUT2D eigenvalue weighted by molar-refractivity contribution is 6.29. The molecule has 6 nitrogen and oxygen atoms in total. The lowest BCUT2D eigenvalue weighted by Crippen LogP contribution is -2.13. The van der Waals surface area contributed by atoms with Crippen LogP contribution in [0.5, 0.6) is 0 Å². The van der Waals surface area contributed by atoms with E-state index in [0.717, 1.165) is 0 Å². The molecule has 0 spiro atoms. The Balaban J connectivity index is 2.56. The van der Waals surface area contributed by atoms with E-state index in [9.17, 15) is 9.59 Å². The van der Waals surface area contributed by atoms with Gasteiger partial charge in [-0.2, -0.15) is 5.10 Å². The number of halogens is 1. The van der Waals surface area contributed by atoms with Crippen LogP contribution in [0.25, 0.3) is 0 Å². The molecule has 1 aromatic rings. The zero-order valence-electron chi connectivity index (χ0n) is 8.07. The van der Waals surface area contributed by atoms with Crippen LogP contribution in [0.2, 0.25) is 0 Å². The average Bonchev–Trinajstić information content (AvgIpc) is 2.65. The molecule has 0 aromatic carbocycles. The van der Waals surface area contributed by atoms with Gasteiger partial charge in [-0.3, -0.25) is 14.3 Å². The Bertz CT molecular complexity index is 331. The molecule has 0 aliphatic rings. The Kier molecular flexibility index (Phi) is 4.11. The Labute approximate surface area is 91.2 Å². The van der Waals surface area contributed by atoms with Crippen LogP contribution < -0.4 is 5.32 Å². The van der Waals surface area contributed by atoms with Gasteiger partial charge in [-0.1, -0.05) is 0 Å². The van der Waals surface area contributed by atoms with Gasteiger partial charge >= 0.3 is 5.97 Å². The molecular weight excluding hydrogens is 222 g/mol. The summed E-state index contributed by atoms with van der Waals surface area (Å²) in [6, 6.07) is 0. The predicted octanol–water partition coefficient (Wildman–Crippen LogP) is 0.233. The van der Waals surface area contributed by atoms with Crippen molar-refractivity contribution < 1.29 is 14.3 Å². The van der Waals surface area contributed by atoms with Crippen molar-refractivity contribution in [1.29, 1.82) is 0 Å². The van der Waals surface area contributed by atoms with Crippen molar-refractivity contribution in [2.75, 3.05) is 18.3 Å². The molecule has 0 saturated carbocycles. The summed E-state index contributed by atoms with van der Waals surface area (Å²) in [5, 5.41) is 6.35. The van der Waals surface area contributed by atoms with Crippen LogP contribution in [0.4, 0.5) is 5.69 Å². The molecule has 7 heteroatoms. The maximum Gasteiger partial charge on any atom is 0.327 e. The first-order valence-electron chi connectivity index (χ1n) is 4.10. The summed E-state index contributed by atoms with van der Waals surface area (Å²) in [5.74, 6) is -0.857. The molecule has 1 N–H and O–H groups in total. The highest BCUT2D eigenvalue weighted by Gasteiger charge is 2.05. The second kappa shape index (κ2) is 5.35. The minimum absolute atomic E-state index is 0.00719. The van der Waals surface area contributed by atoms with E-state index in [1.165, 1.54) is 24.2 Å². The largest absolute Gasteiger partial charge is 0.468 e. The smallest absolute Gasteiger partial charge is 0.327 e. The first-order chi connectivity index (χ1) is 7.15. The van der Waals surface area contributed by atoms with Gasteiger partial charge in [0.15, 0.2) is 0 Å². The van der Waals surface area contributed by atoms with Gasteiger partial charge in [0, 0.05) is 6.20 Å². The monoisotopic (exact) mass is 231 g/mol.